The molecular weight excluding hydrogens is 1320 g/mol. The highest BCUT2D eigenvalue weighted by atomic mass is 35.5. The van der Waals surface area contributed by atoms with Crippen molar-refractivity contribution < 1.29 is 45.0 Å². The third-order valence-corrected chi connectivity index (χ3v) is 19.7. The molecule has 18 heteroatoms. The molecule has 2 aliphatic carbocycles. The van der Waals surface area contributed by atoms with Crippen LogP contribution in [0.2, 0.25) is 10.0 Å². The summed E-state index contributed by atoms with van der Waals surface area (Å²) in [6, 6.07) is 45.9. The fourth-order valence-electron chi connectivity index (χ4n) is 11.8. The number of unbranched alkanes of at least 4 members (excludes halogenated alkanes) is 4. The molecule has 4 aliphatic rings. The number of halogens is 2. The molecule has 506 valence electrons. The summed E-state index contributed by atoms with van der Waals surface area (Å²) in [6.45, 7) is 16.4. The number of aromatic hydroxyl groups is 2. The van der Waals surface area contributed by atoms with Gasteiger partial charge in [0.1, 0.15) is 44.0 Å². The Labute approximate surface area is 582 Å². The number of fused-ring (bicyclic) bond motifs is 4. The van der Waals surface area contributed by atoms with Crippen LogP contribution in [0.5, 0.6) is 11.5 Å². The van der Waals surface area contributed by atoms with E-state index >= 15 is 0 Å². The fraction of sp³-hybridized carbons (Fsp3) is 0.225. The normalized spacial score (nSPS) is 12.1. The van der Waals surface area contributed by atoms with Gasteiger partial charge in [-0.1, -0.05) is 186 Å². The van der Waals surface area contributed by atoms with E-state index in [1.165, 1.54) is 85.6 Å². The zero-order valence-electron chi connectivity index (χ0n) is 55.5. The van der Waals surface area contributed by atoms with Crippen LogP contribution in [-0.4, -0.2) is 62.3 Å². The van der Waals surface area contributed by atoms with Crippen LogP contribution in [0.25, 0.3) is 103 Å². The molecule has 0 saturated heterocycles. The van der Waals surface area contributed by atoms with Crippen LogP contribution >= 0.6 is 23.2 Å². The molecule has 2 aliphatic heterocycles. The molecule has 11 rings (SSSR count). The van der Waals surface area contributed by atoms with Gasteiger partial charge in [-0.25, -0.2) is 0 Å². The molecule has 0 bridgehead atoms. The van der Waals surface area contributed by atoms with E-state index in [4.69, 9.17) is 32.0 Å². The molecule has 4 N–H and O–H groups in total. The summed E-state index contributed by atoms with van der Waals surface area (Å²) in [5, 5.41) is 21.5. The van der Waals surface area contributed by atoms with Gasteiger partial charge in [-0.3, -0.25) is 18.7 Å². The lowest BCUT2D eigenvalue weighted by atomic mass is 9.92. The summed E-state index contributed by atoms with van der Waals surface area (Å²) in [5.41, 5.74) is 10.2. The van der Waals surface area contributed by atoms with E-state index in [-0.39, 0.29) is 70.6 Å². The lowest BCUT2D eigenvalue weighted by Crippen LogP contribution is -2.25. The van der Waals surface area contributed by atoms with Gasteiger partial charge in [0.15, 0.2) is 5.43 Å². The number of aryl methyl sites for hydroxylation is 2. The van der Waals surface area contributed by atoms with Gasteiger partial charge in [-0.05, 0) is 145 Å². The van der Waals surface area contributed by atoms with Crippen LogP contribution in [-0.2, 0) is 20.2 Å². The van der Waals surface area contributed by atoms with Gasteiger partial charge in [-0.2, -0.15) is 16.8 Å². The molecule has 0 saturated carbocycles. The summed E-state index contributed by atoms with van der Waals surface area (Å²) in [6.07, 6.45) is 20.8. The number of phenols is 2. The Morgan fingerprint density at radius 1 is 0.398 bits per heavy atom. The number of anilines is 2. The van der Waals surface area contributed by atoms with Crippen LogP contribution < -0.4 is 20.7 Å². The molecule has 0 amide bonds. The molecule has 14 nitrogen and oxygen atoms in total. The van der Waals surface area contributed by atoms with Crippen molar-refractivity contribution >= 4 is 113 Å². The highest BCUT2D eigenvalue weighted by Crippen LogP contribution is 2.47. The first-order valence-electron chi connectivity index (χ1n) is 32.8. The van der Waals surface area contributed by atoms with E-state index in [1.54, 1.807) is 62.4 Å². The van der Waals surface area contributed by atoms with Crippen LogP contribution in [0.4, 0.5) is 11.4 Å². The van der Waals surface area contributed by atoms with Gasteiger partial charge < -0.3 is 28.8 Å². The summed E-state index contributed by atoms with van der Waals surface area (Å²) in [5.74, 6) is 0.0929. The second-order valence-electron chi connectivity index (χ2n) is 24.5. The summed E-state index contributed by atoms with van der Waals surface area (Å²) in [7, 11) is -9.43. The van der Waals surface area contributed by atoms with Crippen molar-refractivity contribution in [1.29, 1.82) is 0 Å². The molecule has 0 radical (unpaired) electrons. The predicted molar refractivity (Wildman–Crippen MR) is 402 cm³/mol. The topological polar surface area (TPSA) is 216 Å². The molecule has 7 aromatic carbocycles. The molecule has 0 unspecified atom stereocenters. The summed E-state index contributed by atoms with van der Waals surface area (Å²) in [4.78, 5) is 29.1. The molecular formula is C80H78Cl2N2O12S2. The van der Waals surface area contributed by atoms with Crippen molar-refractivity contribution in [3.8, 4) is 56.4 Å². The average Bonchev–Trinajstić information content (AvgIpc) is 0.745. The Balaban J connectivity index is 0.000000215. The smallest absolute Gasteiger partial charge is 0.295 e. The largest absolute Gasteiger partial charge is 0.508 e. The summed E-state index contributed by atoms with van der Waals surface area (Å²) >= 11 is 12.5. The van der Waals surface area contributed by atoms with Gasteiger partial charge in [0.05, 0.1) is 10.0 Å². The van der Waals surface area contributed by atoms with Crippen molar-refractivity contribution in [2.24, 2.45) is 0 Å². The van der Waals surface area contributed by atoms with Crippen LogP contribution in [0.1, 0.15) is 124 Å². The average molecular weight is 1390 g/mol. The zero-order chi connectivity index (χ0) is 70.0. The molecule has 2 heterocycles. The monoisotopic (exact) mass is 1390 g/mol. The zero-order valence-corrected chi connectivity index (χ0v) is 58.6. The highest BCUT2D eigenvalue weighted by molar-refractivity contribution is 7.86. The molecule has 98 heavy (non-hydrogen) atoms. The lowest BCUT2D eigenvalue weighted by molar-refractivity contribution is 0.470. The molecule has 0 atom stereocenters. The summed E-state index contributed by atoms with van der Waals surface area (Å²) < 4.78 is 84.1. The van der Waals surface area contributed by atoms with E-state index in [0.29, 0.717) is 55.3 Å². The SMILES string of the molecule is CCCCN(CCCC)c1ccc(/C=C/c2ccc(-c3c4cc(Cl)c(=O)cc-4oc4cc(O)c(C)cc34)c(S(=O)(=O)O)c2)cc1.CCCCN(CCCC)c1ccc(/C=C/c2ccc(/C=C/c3ccc(-c4c5cc(C)c(=O)cc-5oc5cc(O)c(Cl)cc45)c(S(=O)(=O)O)c3)cc2)cc1. The van der Waals surface area contributed by atoms with Gasteiger partial charge in [0.25, 0.3) is 20.2 Å². The van der Waals surface area contributed by atoms with Crippen molar-refractivity contribution in [2.45, 2.75) is 103 Å². The number of hydrogen-bond acceptors (Lipinski definition) is 12. The van der Waals surface area contributed by atoms with Gasteiger partial charge in [0.2, 0.25) is 5.43 Å². The fourth-order valence-corrected chi connectivity index (χ4v) is 13.6. The molecule has 0 fully saturated rings. The van der Waals surface area contributed by atoms with Crippen molar-refractivity contribution in [2.75, 3.05) is 36.0 Å². The minimum Gasteiger partial charge on any atom is -0.508 e. The maximum atomic E-state index is 12.9. The lowest BCUT2D eigenvalue weighted by Gasteiger charge is -2.24. The van der Waals surface area contributed by atoms with Crippen molar-refractivity contribution in [3.63, 3.8) is 0 Å². The maximum Gasteiger partial charge on any atom is 0.295 e. The van der Waals surface area contributed by atoms with Crippen LogP contribution in [0.15, 0.2) is 186 Å². The molecule has 7 aromatic rings. The van der Waals surface area contributed by atoms with E-state index < -0.39 is 25.7 Å². The first-order chi connectivity index (χ1) is 46.9. The predicted octanol–water partition coefficient (Wildman–Crippen LogP) is 20.3. The van der Waals surface area contributed by atoms with Gasteiger partial charge >= 0.3 is 0 Å². The first kappa shape index (κ1) is 71.5. The van der Waals surface area contributed by atoms with Gasteiger partial charge in [0, 0.05) is 106 Å². The Bertz CT molecular complexity index is 5080. The molecule has 0 spiro atoms. The number of rotatable bonds is 24. The number of benzene rings is 9. The van der Waals surface area contributed by atoms with E-state index in [0.717, 1.165) is 74.1 Å². The first-order valence-corrected chi connectivity index (χ1v) is 36.5. The van der Waals surface area contributed by atoms with E-state index in [9.17, 15) is 45.7 Å². The van der Waals surface area contributed by atoms with Crippen molar-refractivity contribution in [3.05, 3.63) is 233 Å². The van der Waals surface area contributed by atoms with Crippen molar-refractivity contribution in [1.82, 2.24) is 0 Å². The Morgan fingerprint density at radius 3 is 1.16 bits per heavy atom. The number of nitrogens with zero attached hydrogens (tertiary/aromatic N) is 2. The Hall–Kier alpha value is -9.26. The third-order valence-electron chi connectivity index (χ3n) is 17.3. The molecule has 0 aromatic heterocycles. The van der Waals surface area contributed by atoms with Crippen LogP contribution in [0.3, 0.4) is 0 Å². The van der Waals surface area contributed by atoms with Gasteiger partial charge in [-0.15, -0.1) is 0 Å². The van der Waals surface area contributed by atoms with Crippen LogP contribution in [0, 0.1) is 13.8 Å². The highest BCUT2D eigenvalue weighted by Gasteiger charge is 2.28. The second-order valence-corrected chi connectivity index (χ2v) is 28.1. The minimum atomic E-state index is -4.73. The number of phenolic OH excluding ortho intramolecular Hbond substituents is 2. The maximum absolute atomic E-state index is 12.9. The minimum absolute atomic E-state index is 0.0222. The number of hydrogen-bond donors (Lipinski definition) is 4. The Kier molecular flexibility index (Phi) is 23.0. The van der Waals surface area contributed by atoms with E-state index in [1.807, 2.05) is 48.6 Å². The van der Waals surface area contributed by atoms with E-state index in [2.05, 4.69) is 86.0 Å². The quantitative estimate of drug-likeness (QED) is 0.0252. The second kappa shape index (κ2) is 31.5. The third kappa shape index (κ3) is 17.0. The standard InChI is InChI=1S/C44H42ClNO6S.C36H36ClNO6S/c1-4-6-22-46(23-7-5-2)34-19-16-32(17-20-34)13-12-30-8-10-31(11-9-30)14-15-33-18-21-35(43(25-33)53(49,50)51)44-36-24-29(3)39(47)27-41(36)52-42-28-40(48)38(45)26-37(42)44;1-4-6-16-38(17-7-5-2)26-13-10-24(11-14-26)8-9-25-12-15-27(35(19-25)45(41,42)43)36-28-18-23(3)31(39)21-33(28)44-34-22-32(40)30(37)20-29(34)36/h8-21,24-28,48H,4-7,22-23H2,1-3H3,(H,49,50,51);8-15,18-22,39H,4-7,16-17H2,1-3H3,(H,41,42,43)/b13-12+,15-14+;9-8+. The Morgan fingerprint density at radius 2 is 0.755 bits per heavy atom.